The Bertz CT molecular complexity index is 531. The Morgan fingerprint density at radius 3 is 2.88 bits per heavy atom. The molecule has 2 rings (SSSR count). The van der Waals surface area contributed by atoms with Gasteiger partial charge in [0.2, 0.25) is 11.8 Å². The van der Waals surface area contributed by atoms with Crippen LogP contribution in [0.2, 0.25) is 5.02 Å². The van der Waals surface area contributed by atoms with E-state index >= 15 is 0 Å². The largest absolute Gasteiger partial charge is 0.439 e. The van der Waals surface area contributed by atoms with Gasteiger partial charge in [-0.25, -0.2) is 4.98 Å². The topological polar surface area (TPSA) is 47.0 Å². The van der Waals surface area contributed by atoms with Crippen molar-refractivity contribution in [2.24, 2.45) is 0 Å². The van der Waals surface area contributed by atoms with Gasteiger partial charge in [0.25, 0.3) is 0 Å². The Morgan fingerprint density at radius 2 is 2.18 bits per heavy atom. The third kappa shape index (κ3) is 2.85. The summed E-state index contributed by atoms with van der Waals surface area (Å²) in [6, 6.07) is 7.18. The van der Waals surface area contributed by atoms with Gasteiger partial charge in [0.05, 0.1) is 0 Å². The second-order valence-corrected chi connectivity index (χ2v) is 3.93. The smallest absolute Gasteiger partial charge is 0.226 e. The van der Waals surface area contributed by atoms with Crippen molar-refractivity contribution in [2.45, 2.75) is 6.92 Å². The SMILES string of the molecule is CNc1ncc(C)c(Oc2cccc(Cl)c2)n1. The summed E-state index contributed by atoms with van der Waals surface area (Å²) < 4.78 is 5.66. The maximum Gasteiger partial charge on any atom is 0.226 e. The van der Waals surface area contributed by atoms with Crippen molar-refractivity contribution in [3.63, 3.8) is 0 Å². The molecule has 0 aliphatic rings. The van der Waals surface area contributed by atoms with Gasteiger partial charge in [0, 0.05) is 23.8 Å². The first-order valence-corrected chi connectivity index (χ1v) is 5.51. The molecule has 1 heterocycles. The molecule has 4 nitrogen and oxygen atoms in total. The minimum Gasteiger partial charge on any atom is -0.439 e. The standard InChI is InChI=1S/C12H12ClN3O/c1-8-7-15-12(14-2)16-11(8)17-10-5-3-4-9(13)6-10/h3-7H,1-2H3,(H,14,15,16). The molecule has 0 unspecified atom stereocenters. The zero-order valence-electron chi connectivity index (χ0n) is 9.57. The molecule has 0 amide bonds. The van der Waals surface area contributed by atoms with Crippen LogP contribution in [-0.4, -0.2) is 17.0 Å². The summed E-state index contributed by atoms with van der Waals surface area (Å²) in [4.78, 5) is 8.32. The molecule has 1 aromatic carbocycles. The zero-order chi connectivity index (χ0) is 12.3. The third-order valence-electron chi connectivity index (χ3n) is 2.16. The highest BCUT2D eigenvalue weighted by Gasteiger charge is 2.05. The van der Waals surface area contributed by atoms with Crippen molar-refractivity contribution in [2.75, 3.05) is 12.4 Å². The normalized spacial score (nSPS) is 10.1. The summed E-state index contributed by atoms with van der Waals surface area (Å²) in [5, 5.41) is 3.49. The molecular weight excluding hydrogens is 238 g/mol. The van der Waals surface area contributed by atoms with E-state index in [1.807, 2.05) is 19.1 Å². The van der Waals surface area contributed by atoms with Crippen molar-refractivity contribution in [1.82, 2.24) is 9.97 Å². The Balaban J connectivity index is 2.29. The average Bonchev–Trinajstić information content (AvgIpc) is 2.32. The quantitative estimate of drug-likeness (QED) is 0.907. The Labute approximate surface area is 105 Å². The first-order valence-electron chi connectivity index (χ1n) is 5.14. The van der Waals surface area contributed by atoms with Crippen molar-refractivity contribution in [3.8, 4) is 11.6 Å². The van der Waals surface area contributed by atoms with E-state index in [2.05, 4.69) is 15.3 Å². The van der Waals surface area contributed by atoms with Gasteiger partial charge in [-0.15, -0.1) is 0 Å². The van der Waals surface area contributed by atoms with Gasteiger partial charge in [-0.3, -0.25) is 0 Å². The van der Waals surface area contributed by atoms with E-state index in [1.165, 1.54) is 0 Å². The van der Waals surface area contributed by atoms with Crippen LogP contribution in [-0.2, 0) is 0 Å². The Morgan fingerprint density at radius 1 is 1.35 bits per heavy atom. The summed E-state index contributed by atoms with van der Waals surface area (Å²) in [7, 11) is 1.76. The van der Waals surface area contributed by atoms with Crippen LogP contribution in [0.5, 0.6) is 11.6 Å². The fraction of sp³-hybridized carbons (Fsp3) is 0.167. The van der Waals surface area contributed by atoms with E-state index in [4.69, 9.17) is 16.3 Å². The number of ether oxygens (including phenoxy) is 1. The van der Waals surface area contributed by atoms with Crippen molar-refractivity contribution in [1.29, 1.82) is 0 Å². The van der Waals surface area contributed by atoms with Gasteiger partial charge in [0.1, 0.15) is 5.75 Å². The summed E-state index contributed by atoms with van der Waals surface area (Å²) >= 11 is 5.88. The molecule has 0 fully saturated rings. The highest BCUT2D eigenvalue weighted by molar-refractivity contribution is 6.30. The van der Waals surface area contributed by atoms with E-state index in [0.29, 0.717) is 22.6 Å². The van der Waals surface area contributed by atoms with Gasteiger partial charge < -0.3 is 10.1 Å². The number of aromatic nitrogens is 2. The van der Waals surface area contributed by atoms with Gasteiger partial charge in [-0.05, 0) is 25.1 Å². The van der Waals surface area contributed by atoms with E-state index in [0.717, 1.165) is 5.56 Å². The molecule has 0 atom stereocenters. The lowest BCUT2D eigenvalue weighted by Gasteiger charge is -2.08. The molecule has 17 heavy (non-hydrogen) atoms. The molecule has 0 aliphatic carbocycles. The molecule has 0 aliphatic heterocycles. The molecule has 0 spiro atoms. The number of aryl methyl sites for hydroxylation is 1. The fourth-order valence-electron chi connectivity index (χ4n) is 1.29. The molecule has 1 N–H and O–H groups in total. The molecule has 1 aromatic heterocycles. The molecule has 0 radical (unpaired) electrons. The van der Waals surface area contributed by atoms with E-state index in [9.17, 15) is 0 Å². The fourth-order valence-corrected chi connectivity index (χ4v) is 1.47. The summed E-state index contributed by atoms with van der Waals surface area (Å²) in [6.07, 6.45) is 1.71. The van der Waals surface area contributed by atoms with Crippen LogP contribution in [0.4, 0.5) is 5.95 Å². The first kappa shape index (κ1) is 11.7. The Kier molecular flexibility index (Phi) is 3.44. The molecule has 2 aromatic rings. The summed E-state index contributed by atoms with van der Waals surface area (Å²) in [5.41, 5.74) is 0.865. The lowest BCUT2D eigenvalue weighted by molar-refractivity contribution is 0.458. The number of anilines is 1. The van der Waals surface area contributed by atoms with Crippen LogP contribution in [0, 0.1) is 6.92 Å². The molecule has 0 saturated carbocycles. The predicted molar refractivity (Wildman–Crippen MR) is 67.8 cm³/mol. The maximum atomic E-state index is 5.88. The minimum absolute atomic E-state index is 0.520. The number of halogens is 1. The second kappa shape index (κ2) is 5.01. The van der Waals surface area contributed by atoms with Crippen LogP contribution in [0.15, 0.2) is 30.5 Å². The lowest BCUT2D eigenvalue weighted by Crippen LogP contribution is -1.99. The van der Waals surface area contributed by atoms with Crippen molar-refractivity contribution in [3.05, 3.63) is 41.0 Å². The number of hydrogen-bond acceptors (Lipinski definition) is 4. The summed E-state index contributed by atoms with van der Waals surface area (Å²) in [5.74, 6) is 1.69. The van der Waals surface area contributed by atoms with Crippen LogP contribution < -0.4 is 10.1 Å². The zero-order valence-corrected chi connectivity index (χ0v) is 10.3. The number of benzene rings is 1. The van der Waals surface area contributed by atoms with Gasteiger partial charge in [-0.2, -0.15) is 4.98 Å². The number of rotatable bonds is 3. The van der Waals surface area contributed by atoms with Gasteiger partial charge in [0.15, 0.2) is 0 Å². The van der Waals surface area contributed by atoms with Crippen molar-refractivity contribution >= 4 is 17.5 Å². The lowest BCUT2D eigenvalue weighted by atomic mass is 10.3. The summed E-state index contributed by atoms with van der Waals surface area (Å²) in [6.45, 7) is 1.89. The third-order valence-corrected chi connectivity index (χ3v) is 2.39. The average molecular weight is 250 g/mol. The van der Waals surface area contributed by atoms with E-state index < -0.39 is 0 Å². The molecule has 0 bridgehead atoms. The molecular formula is C12H12ClN3O. The van der Waals surface area contributed by atoms with Crippen LogP contribution >= 0.6 is 11.6 Å². The van der Waals surface area contributed by atoms with E-state index in [1.54, 1.807) is 25.4 Å². The number of nitrogens with one attached hydrogen (secondary N) is 1. The van der Waals surface area contributed by atoms with Crippen molar-refractivity contribution < 1.29 is 4.74 Å². The number of nitrogens with zero attached hydrogens (tertiary/aromatic N) is 2. The molecule has 0 saturated heterocycles. The first-order chi connectivity index (χ1) is 8.19. The molecule has 88 valence electrons. The van der Waals surface area contributed by atoms with E-state index in [-0.39, 0.29) is 0 Å². The van der Waals surface area contributed by atoms with Gasteiger partial charge >= 0.3 is 0 Å². The Hall–Kier alpha value is -1.81. The van der Waals surface area contributed by atoms with Crippen LogP contribution in [0.3, 0.4) is 0 Å². The monoisotopic (exact) mass is 249 g/mol. The van der Waals surface area contributed by atoms with Crippen LogP contribution in [0.1, 0.15) is 5.56 Å². The second-order valence-electron chi connectivity index (χ2n) is 3.49. The predicted octanol–water partition coefficient (Wildman–Crippen LogP) is 3.27. The highest BCUT2D eigenvalue weighted by atomic mass is 35.5. The number of hydrogen-bond donors (Lipinski definition) is 1. The van der Waals surface area contributed by atoms with Gasteiger partial charge in [-0.1, -0.05) is 17.7 Å². The maximum absolute atomic E-state index is 5.88. The minimum atomic E-state index is 0.520. The highest BCUT2D eigenvalue weighted by Crippen LogP contribution is 2.25. The molecule has 5 heteroatoms. The van der Waals surface area contributed by atoms with Crippen LogP contribution in [0.25, 0.3) is 0 Å².